The maximum atomic E-state index is 13.5. The molecule has 2 rings (SSSR count). The highest BCUT2D eigenvalue weighted by molar-refractivity contribution is 7.89. The third-order valence-electron chi connectivity index (χ3n) is 3.40. The smallest absolute Gasteiger partial charge is 0.240 e. The van der Waals surface area contributed by atoms with Gasteiger partial charge >= 0.3 is 0 Å². The van der Waals surface area contributed by atoms with Crippen LogP contribution in [0.25, 0.3) is 0 Å². The topological polar surface area (TPSA) is 58.2 Å². The number of hydrogen-bond donors (Lipinski definition) is 2. The number of benzene rings is 1. The van der Waals surface area contributed by atoms with Crippen LogP contribution in [0, 0.1) is 19.7 Å². The van der Waals surface area contributed by atoms with Gasteiger partial charge in [-0.15, -0.1) is 0 Å². The molecule has 1 aliphatic heterocycles. The van der Waals surface area contributed by atoms with E-state index in [1.165, 1.54) is 12.1 Å². The van der Waals surface area contributed by atoms with Gasteiger partial charge in [0.15, 0.2) is 0 Å². The molecule has 1 fully saturated rings. The normalized spacial score (nSPS) is 19.8. The summed E-state index contributed by atoms with van der Waals surface area (Å²) in [5.41, 5.74) is 0.693. The van der Waals surface area contributed by atoms with E-state index >= 15 is 0 Å². The summed E-state index contributed by atoms with van der Waals surface area (Å²) in [6.07, 6.45) is 2.05. The maximum absolute atomic E-state index is 13.5. The largest absolute Gasteiger partial charge is 0.313 e. The highest BCUT2D eigenvalue weighted by atomic mass is 32.2. The van der Waals surface area contributed by atoms with Gasteiger partial charge in [-0.2, -0.15) is 0 Å². The molecule has 106 valence electrons. The van der Waals surface area contributed by atoms with E-state index in [-0.39, 0.29) is 16.8 Å². The monoisotopic (exact) mass is 286 g/mol. The minimum atomic E-state index is -3.57. The first-order valence-corrected chi connectivity index (χ1v) is 7.88. The Labute approximate surface area is 113 Å². The highest BCUT2D eigenvalue weighted by Gasteiger charge is 2.20. The number of sulfonamides is 1. The average molecular weight is 286 g/mol. The second-order valence-corrected chi connectivity index (χ2v) is 6.78. The van der Waals surface area contributed by atoms with Crippen LogP contribution in [0.4, 0.5) is 4.39 Å². The van der Waals surface area contributed by atoms with Crippen LogP contribution < -0.4 is 10.0 Å². The van der Waals surface area contributed by atoms with Crippen molar-refractivity contribution in [2.75, 3.05) is 13.1 Å². The molecule has 4 nitrogen and oxygen atoms in total. The summed E-state index contributed by atoms with van der Waals surface area (Å²) in [4.78, 5) is 0.127. The Kier molecular flexibility index (Phi) is 4.23. The molecule has 0 aromatic heterocycles. The van der Waals surface area contributed by atoms with Crippen LogP contribution in [0.2, 0.25) is 0 Å². The van der Waals surface area contributed by atoms with E-state index < -0.39 is 10.0 Å². The molecule has 1 aliphatic rings. The molecular formula is C13H19FN2O2S. The lowest BCUT2D eigenvalue weighted by Gasteiger charge is -2.13. The molecule has 1 aromatic carbocycles. The highest BCUT2D eigenvalue weighted by Crippen LogP contribution is 2.18. The van der Waals surface area contributed by atoms with Crippen molar-refractivity contribution in [3.05, 3.63) is 29.1 Å². The van der Waals surface area contributed by atoms with E-state index in [4.69, 9.17) is 0 Å². The maximum Gasteiger partial charge on any atom is 0.240 e. The molecule has 0 bridgehead atoms. The molecule has 1 aromatic rings. The number of aryl methyl sites for hydroxylation is 2. The third kappa shape index (κ3) is 3.32. The van der Waals surface area contributed by atoms with E-state index in [1.54, 1.807) is 13.8 Å². The molecule has 1 saturated heterocycles. The zero-order valence-corrected chi connectivity index (χ0v) is 12.0. The van der Waals surface area contributed by atoms with Crippen molar-refractivity contribution in [1.82, 2.24) is 10.0 Å². The fourth-order valence-corrected chi connectivity index (χ4v) is 3.54. The molecule has 0 saturated carbocycles. The van der Waals surface area contributed by atoms with Crippen LogP contribution in [0.15, 0.2) is 17.0 Å². The van der Waals surface area contributed by atoms with E-state index in [0.717, 1.165) is 19.4 Å². The van der Waals surface area contributed by atoms with Crippen molar-refractivity contribution in [3.63, 3.8) is 0 Å². The van der Waals surface area contributed by atoms with Crippen LogP contribution in [-0.2, 0) is 10.0 Å². The summed E-state index contributed by atoms with van der Waals surface area (Å²) in [5.74, 6) is -0.351. The molecule has 0 aliphatic carbocycles. The van der Waals surface area contributed by atoms with Crippen molar-refractivity contribution in [2.45, 2.75) is 37.6 Å². The number of hydrogen-bond acceptors (Lipinski definition) is 3. The molecule has 0 spiro atoms. The number of nitrogens with one attached hydrogen (secondary N) is 2. The Bertz CT molecular complexity index is 543. The predicted molar refractivity (Wildman–Crippen MR) is 72.1 cm³/mol. The van der Waals surface area contributed by atoms with Crippen molar-refractivity contribution in [2.24, 2.45) is 0 Å². The standard InChI is InChI=1S/C13H19FN2O2S/c1-9-6-12(7-10(2)13(9)14)19(17,18)16-8-11-4-3-5-15-11/h6-7,11,15-16H,3-5,8H2,1-2H3. The van der Waals surface area contributed by atoms with E-state index in [0.29, 0.717) is 17.7 Å². The third-order valence-corrected chi connectivity index (χ3v) is 4.81. The molecule has 6 heteroatoms. The zero-order valence-electron chi connectivity index (χ0n) is 11.2. The van der Waals surface area contributed by atoms with Crippen LogP contribution in [-0.4, -0.2) is 27.5 Å². The molecule has 1 heterocycles. The van der Waals surface area contributed by atoms with Crippen LogP contribution in [0.3, 0.4) is 0 Å². The second kappa shape index (κ2) is 5.56. The molecule has 2 N–H and O–H groups in total. The Morgan fingerprint density at radius 2 is 2.00 bits per heavy atom. The zero-order chi connectivity index (χ0) is 14.0. The summed E-state index contributed by atoms with van der Waals surface area (Å²) in [5, 5.41) is 3.23. The molecule has 19 heavy (non-hydrogen) atoms. The fourth-order valence-electron chi connectivity index (χ4n) is 2.29. The lowest BCUT2D eigenvalue weighted by Crippen LogP contribution is -2.37. The van der Waals surface area contributed by atoms with Gasteiger partial charge in [-0.05, 0) is 56.5 Å². The van der Waals surface area contributed by atoms with Gasteiger partial charge in [0, 0.05) is 12.6 Å². The minimum Gasteiger partial charge on any atom is -0.313 e. The van der Waals surface area contributed by atoms with Gasteiger partial charge in [-0.1, -0.05) is 0 Å². The van der Waals surface area contributed by atoms with E-state index in [2.05, 4.69) is 10.0 Å². The average Bonchev–Trinajstić information content (AvgIpc) is 2.86. The van der Waals surface area contributed by atoms with Gasteiger partial charge in [0.05, 0.1) is 4.90 Å². The van der Waals surface area contributed by atoms with Crippen LogP contribution in [0.5, 0.6) is 0 Å². The van der Waals surface area contributed by atoms with Gasteiger partial charge in [0.2, 0.25) is 10.0 Å². The summed E-state index contributed by atoms with van der Waals surface area (Å²) in [6, 6.07) is 2.93. The fraction of sp³-hybridized carbons (Fsp3) is 0.538. The Hall–Kier alpha value is -0.980. The van der Waals surface area contributed by atoms with Crippen molar-refractivity contribution in [1.29, 1.82) is 0 Å². The minimum absolute atomic E-state index is 0.127. The van der Waals surface area contributed by atoms with Gasteiger partial charge in [0.25, 0.3) is 0 Å². The summed E-state index contributed by atoms with van der Waals surface area (Å²) in [7, 11) is -3.57. The van der Waals surface area contributed by atoms with Crippen LogP contribution >= 0.6 is 0 Å². The van der Waals surface area contributed by atoms with Crippen molar-refractivity contribution in [3.8, 4) is 0 Å². The quantitative estimate of drug-likeness (QED) is 0.881. The molecular weight excluding hydrogens is 267 g/mol. The first-order valence-electron chi connectivity index (χ1n) is 6.40. The Morgan fingerprint density at radius 3 is 2.53 bits per heavy atom. The Balaban J connectivity index is 2.14. The Morgan fingerprint density at radius 1 is 1.37 bits per heavy atom. The second-order valence-electron chi connectivity index (χ2n) is 5.02. The molecule has 0 amide bonds. The molecule has 1 atom stereocenters. The van der Waals surface area contributed by atoms with Crippen molar-refractivity contribution >= 4 is 10.0 Å². The van der Waals surface area contributed by atoms with Gasteiger partial charge in [-0.3, -0.25) is 0 Å². The predicted octanol–water partition coefficient (Wildman–Crippen LogP) is 1.47. The van der Waals surface area contributed by atoms with Crippen molar-refractivity contribution < 1.29 is 12.8 Å². The summed E-state index contributed by atoms with van der Waals surface area (Å²) >= 11 is 0. The number of rotatable bonds is 4. The van der Waals surface area contributed by atoms with Gasteiger partial charge in [0.1, 0.15) is 5.82 Å². The van der Waals surface area contributed by atoms with Gasteiger partial charge < -0.3 is 5.32 Å². The first-order chi connectivity index (χ1) is 8.90. The lowest BCUT2D eigenvalue weighted by molar-refractivity contribution is 0.551. The summed E-state index contributed by atoms with van der Waals surface area (Å²) < 4.78 is 40.4. The van der Waals surface area contributed by atoms with E-state index in [9.17, 15) is 12.8 Å². The molecule has 0 radical (unpaired) electrons. The van der Waals surface area contributed by atoms with Crippen LogP contribution in [0.1, 0.15) is 24.0 Å². The van der Waals surface area contributed by atoms with E-state index in [1.807, 2.05) is 0 Å². The first kappa shape index (κ1) is 14.4. The SMILES string of the molecule is Cc1cc(S(=O)(=O)NCC2CCCN2)cc(C)c1F. The lowest BCUT2D eigenvalue weighted by atomic mass is 10.1. The molecule has 1 unspecified atom stereocenters. The number of halogens is 1. The van der Waals surface area contributed by atoms with Gasteiger partial charge in [-0.25, -0.2) is 17.5 Å². The summed E-state index contributed by atoms with van der Waals surface area (Å²) in [6.45, 7) is 4.44.